The molecule has 0 fully saturated rings. The Hall–Kier alpha value is -1.40. The van der Waals surface area contributed by atoms with Gasteiger partial charge in [-0.25, -0.2) is 4.98 Å². The zero-order valence-corrected chi connectivity index (χ0v) is 12.2. The first-order valence-electron chi connectivity index (χ1n) is 6.47. The molecule has 19 heavy (non-hydrogen) atoms. The maximum absolute atomic E-state index is 11.7. The Morgan fingerprint density at radius 1 is 1.63 bits per heavy atom. The maximum Gasteiger partial charge on any atom is 0.325 e. The van der Waals surface area contributed by atoms with E-state index in [0.29, 0.717) is 19.6 Å². The Balaban J connectivity index is 2.43. The van der Waals surface area contributed by atoms with Gasteiger partial charge in [-0.15, -0.1) is 0 Å². The van der Waals surface area contributed by atoms with Gasteiger partial charge < -0.3 is 15.0 Å². The third-order valence-electron chi connectivity index (χ3n) is 3.09. The number of nitrogens with zero attached hydrogens (tertiary/aromatic N) is 3. The van der Waals surface area contributed by atoms with E-state index in [9.17, 15) is 4.79 Å². The van der Waals surface area contributed by atoms with Crippen LogP contribution in [0.3, 0.4) is 0 Å². The summed E-state index contributed by atoms with van der Waals surface area (Å²) in [6, 6.07) is 0. The lowest BCUT2D eigenvalue weighted by molar-refractivity contribution is -0.149. The molecule has 0 saturated heterocycles. The van der Waals surface area contributed by atoms with Crippen LogP contribution in [0.5, 0.6) is 0 Å². The van der Waals surface area contributed by atoms with Crippen LogP contribution in [0.4, 0.5) is 0 Å². The average Bonchev–Trinajstić information content (AvgIpc) is 2.73. The van der Waals surface area contributed by atoms with Gasteiger partial charge in [0.05, 0.1) is 13.2 Å². The first-order chi connectivity index (χ1) is 8.86. The van der Waals surface area contributed by atoms with Crippen molar-refractivity contribution in [3.05, 3.63) is 18.2 Å². The third kappa shape index (κ3) is 4.65. The van der Waals surface area contributed by atoms with E-state index < -0.39 is 5.54 Å². The molecular formula is C13H24N4O2. The van der Waals surface area contributed by atoms with E-state index in [-0.39, 0.29) is 5.97 Å². The smallest absolute Gasteiger partial charge is 0.325 e. The zero-order chi connectivity index (χ0) is 14.5. The average molecular weight is 268 g/mol. The fourth-order valence-corrected chi connectivity index (χ4v) is 1.69. The summed E-state index contributed by atoms with van der Waals surface area (Å²) < 4.78 is 6.94. The summed E-state index contributed by atoms with van der Waals surface area (Å²) in [7, 11) is 3.94. The van der Waals surface area contributed by atoms with E-state index in [1.165, 1.54) is 0 Å². The van der Waals surface area contributed by atoms with E-state index in [1.807, 2.05) is 24.9 Å². The van der Waals surface area contributed by atoms with Gasteiger partial charge in [-0.3, -0.25) is 9.69 Å². The van der Waals surface area contributed by atoms with Crippen LogP contribution < -0.4 is 5.73 Å². The molecule has 0 spiro atoms. The molecule has 1 aromatic rings. The number of nitrogens with two attached hydrogens (primary N) is 1. The van der Waals surface area contributed by atoms with E-state index in [0.717, 1.165) is 12.4 Å². The van der Waals surface area contributed by atoms with Gasteiger partial charge in [0.2, 0.25) is 0 Å². The molecule has 2 N–H and O–H groups in total. The minimum Gasteiger partial charge on any atom is -0.465 e. The number of hydrogen-bond donors (Lipinski definition) is 1. The molecular weight excluding hydrogens is 244 g/mol. The Bertz CT molecular complexity index is 415. The number of esters is 1. The van der Waals surface area contributed by atoms with Crippen LogP contribution in [0.25, 0.3) is 0 Å². The molecule has 0 bridgehead atoms. The monoisotopic (exact) mass is 268 g/mol. The first-order valence-corrected chi connectivity index (χ1v) is 6.47. The van der Waals surface area contributed by atoms with Crippen molar-refractivity contribution < 1.29 is 9.53 Å². The van der Waals surface area contributed by atoms with E-state index >= 15 is 0 Å². The fraction of sp³-hybridized carbons (Fsp3) is 0.692. The van der Waals surface area contributed by atoms with Crippen LogP contribution >= 0.6 is 0 Å². The van der Waals surface area contributed by atoms with Gasteiger partial charge in [0.1, 0.15) is 11.4 Å². The molecule has 6 nitrogen and oxygen atoms in total. The number of rotatable bonds is 7. The standard InChI is InChI=1S/C13H24N4O2/c1-5-19-12(18)13(2,14)6-8-16(3)10-11-15-7-9-17(11)4/h7,9H,5-6,8,10,14H2,1-4H3. The van der Waals surface area contributed by atoms with Crippen molar-refractivity contribution in [1.29, 1.82) is 0 Å². The number of imidazole rings is 1. The highest BCUT2D eigenvalue weighted by Crippen LogP contribution is 2.10. The second-order valence-corrected chi connectivity index (χ2v) is 5.08. The molecule has 108 valence electrons. The van der Waals surface area contributed by atoms with Crippen LogP contribution in [-0.2, 0) is 23.1 Å². The molecule has 1 heterocycles. The number of carbonyl (C=O) groups is 1. The third-order valence-corrected chi connectivity index (χ3v) is 3.09. The second kappa shape index (κ2) is 6.68. The molecule has 1 unspecified atom stereocenters. The van der Waals surface area contributed by atoms with Crippen molar-refractivity contribution in [2.75, 3.05) is 20.2 Å². The molecule has 0 amide bonds. The molecule has 0 radical (unpaired) electrons. The highest BCUT2D eigenvalue weighted by atomic mass is 16.5. The van der Waals surface area contributed by atoms with E-state index in [1.54, 1.807) is 20.0 Å². The Morgan fingerprint density at radius 3 is 2.84 bits per heavy atom. The Labute approximate surface area is 114 Å². The first kappa shape index (κ1) is 15.7. The van der Waals surface area contributed by atoms with Crippen molar-refractivity contribution >= 4 is 5.97 Å². The molecule has 1 aromatic heterocycles. The molecule has 0 aromatic carbocycles. The predicted molar refractivity (Wildman–Crippen MR) is 73.4 cm³/mol. The number of aromatic nitrogens is 2. The zero-order valence-electron chi connectivity index (χ0n) is 12.2. The second-order valence-electron chi connectivity index (χ2n) is 5.08. The summed E-state index contributed by atoms with van der Waals surface area (Å²) >= 11 is 0. The lowest BCUT2D eigenvalue weighted by atomic mass is 9.99. The minimum absolute atomic E-state index is 0.347. The van der Waals surface area contributed by atoms with Gasteiger partial charge in [0.15, 0.2) is 0 Å². The SMILES string of the molecule is CCOC(=O)C(C)(N)CCN(C)Cc1nccn1C. The molecule has 0 saturated carbocycles. The minimum atomic E-state index is -0.939. The summed E-state index contributed by atoms with van der Waals surface area (Å²) in [5.41, 5.74) is 5.04. The Kier molecular flexibility index (Phi) is 5.50. The van der Waals surface area contributed by atoms with Crippen molar-refractivity contribution in [2.45, 2.75) is 32.4 Å². The highest BCUT2D eigenvalue weighted by molar-refractivity contribution is 5.79. The summed E-state index contributed by atoms with van der Waals surface area (Å²) in [6.45, 7) is 5.27. The van der Waals surface area contributed by atoms with Crippen molar-refractivity contribution in [1.82, 2.24) is 14.5 Å². The predicted octanol–water partition coefficient (Wildman–Crippen LogP) is 0.523. The van der Waals surface area contributed by atoms with Gasteiger partial charge in [-0.2, -0.15) is 0 Å². The number of hydrogen-bond acceptors (Lipinski definition) is 5. The van der Waals surface area contributed by atoms with Crippen LogP contribution in [-0.4, -0.2) is 46.2 Å². The molecule has 6 heteroatoms. The van der Waals surface area contributed by atoms with Gasteiger partial charge in [-0.05, 0) is 27.3 Å². The molecule has 0 aliphatic rings. The highest BCUT2D eigenvalue weighted by Gasteiger charge is 2.29. The summed E-state index contributed by atoms with van der Waals surface area (Å²) in [4.78, 5) is 18.0. The largest absolute Gasteiger partial charge is 0.465 e. The topological polar surface area (TPSA) is 73.4 Å². The number of ether oxygens (including phenoxy) is 1. The van der Waals surface area contributed by atoms with E-state index in [2.05, 4.69) is 9.88 Å². The van der Waals surface area contributed by atoms with Gasteiger partial charge in [0, 0.05) is 26.0 Å². The molecule has 1 rings (SSSR count). The van der Waals surface area contributed by atoms with E-state index in [4.69, 9.17) is 10.5 Å². The molecule has 1 atom stereocenters. The fourth-order valence-electron chi connectivity index (χ4n) is 1.69. The molecule has 0 aliphatic carbocycles. The summed E-state index contributed by atoms with van der Waals surface area (Å²) in [5, 5.41) is 0. The number of carbonyl (C=O) groups excluding carboxylic acids is 1. The van der Waals surface area contributed by atoms with Crippen LogP contribution in [0.2, 0.25) is 0 Å². The Morgan fingerprint density at radius 2 is 2.32 bits per heavy atom. The van der Waals surface area contributed by atoms with Crippen LogP contribution in [0.15, 0.2) is 12.4 Å². The molecule has 0 aliphatic heterocycles. The number of aryl methyl sites for hydroxylation is 1. The summed E-state index contributed by atoms with van der Waals surface area (Å²) in [6.07, 6.45) is 4.23. The normalized spacial score (nSPS) is 14.4. The van der Waals surface area contributed by atoms with Gasteiger partial charge in [0.25, 0.3) is 0 Å². The lowest BCUT2D eigenvalue weighted by Crippen LogP contribution is -2.48. The van der Waals surface area contributed by atoms with Crippen molar-refractivity contribution in [3.8, 4) is 0 Å². The van der Waals surface area contributed by atoms with Crippen molar-refractivity contribution in [2.24, 2.45) is 12.8 Å². The quantitative estimate of drug-likeness (QED) is 0.730. The maximum atomic E-state index is 11.7. The van der Waals surface area contributed by atoms with Crippen LogP contribution in [0, 0.1) is 0 Å². The van der Waals surface area contributed by atoms with Gasteiger partial charge >= 0.3 is 5.97 Å². The van der Waals surface area contributed by atoms with Crippen LogP contribution in [0.1, 0.15) is 26.1 Å². The van der Waals surface area contributed by atoms with Crippen molar-refractivity contribution in [3.63, 3.8) is 0 Å². The lowest BCUT2D eigenvalue weighted by Gasteiger charge is -2.25. The summed E-state index contributed by atoms with van der Waals surface area (Å²) in [5.74, 6) is 0.637. The van der Waals surface area contributed by atoms with Gasteiger partial charge in [-0.1, -0.05) is 0 Å².